The molecule has 0 saturated heterocycles. The van der Waals surface area contributed by atoms with Gasteiger partial charge in [0.25, 0.3) is 0 Å². The van der Waals surface area contributed by atoms with Crippen LogP contribution in [0.15, 0.2) is 41.3 Å². The molecule has 1 fully saturated rings. The van der Waals surface area contributed by atoms with Crippen LogP contribution in [0.4, 0.5) is 28.9 Å². The minimum Gasteiger partial charge on any atom is -0.492 e. The van der Waals surface area contributed by atoms with Gasteiger partial charge in [-0.25, -0.2) is 8.70 Å². The maximum Gasteiger partial charge on any atom is 0.420 e. The number of likely N-dealkylation sites (N-methyl/N-ethyl adjacent to an activating group) is 1. The first kappa shape index (κ1) is 27.1. The Hall–Kier alpha value is -2.46. The molecule has 2 aromatic carbocycles. The summed E-state index contributed by atoms with van der Waals surface area (Å²) in [5.74, 6) is -0.957. The minimum absolute atomic E-state index is 0.318. The third kappa shape index (κ3) is 7.27. The molecule has 2 aliphatic rings. The van der Waals surface area contributed by atoms with Crippen molar-refractivity contribution < 1.29 is 32.2 Å². The molecule has 2 aromatic rings. The van der Waals surface area contributed by atoms with Gasteiger partial charge in [0.15, 0.2) is 0 Å². The molecule has 0 radical (unpaired) electrons. The van der Waals surface area contributed by atoms with Gasteiger partial charge in [0.1, 0.15) is 18.2 Å². The first-order valence-corrected chi connectivity index (χ1v) is 12.1. The summed E-state index contributed by atoms with van der Waals surface area (Å²) < 4.78 is 62.3. The SMILES string of the molecule is CC1CC1.CN1CCN(c2ccc(F)cc2)c2cc(C(F)(F)F)c(OCC(C)(C)C(=O)O)cc2S1. The van der Waals surface area contributed by atoms with Crippen molar-refractivity contribution in [1.29, 1.82) is 0 Å². The second-order valence-electron chi connectivity index (χ2n) is 9.54. The normalized spacial score (nSPS) is 16.6. The molecule has 192 valence electrons. The van der Waals surface area contributed by atoms with E-state index in [1.807, 2.05) is 11.4 Å². The van der Waals surface area contributed by atoms with Crippen LogP contribution in [0, 0.1) is 17.2 Å². The lowest BCUT2D eigenvalue weighted by molar-refractivity contribution is -0.148. The number of alkyl halides is 3. The number of rotatable bonds is 5. The lowest BCUT2D eigenvalue weighted by atomic mass is 9.95. The largest absolute Gasteiger partial charge is 0.492 e. The van der Waals surface area contributed by atoms with Gasteiger partial charge in [0.2, 0.25) is 0 Å². The molecular formula is C25H30F4N2O3S. The van der Waals surface area contributed by atoms with Crippen molar-refractivity contribution in [2.45, 2.75) is 44.7 Å². The molecule has 0 aromatic heterocycles. The fourth-order valence-electron chi connectivity index (χ4n) is 3.13. The van der Waals surface area contributed by atoms with E-state index in [1.165, 1.54) is 69.0 Å². The maximum absolute atomic E-state index is 13.9. The molecule has 1 heterocycles. The number of aliphatic carboxylic acids is 1. The first-order chi connectivity index (χ1) is 16.3. The van der Waals surface area contributed by atoms with E-state index < -0.39 is 41.3 Å². The fraction of sp³-hybridized carbons (Fsp3) is 0.480. The highest BCUT2D eigenvalue weighted by Gasteiger charge is 2.38. The summed E-state index contributed by atoms with van der Waals surface area (Å²) in [5.41, 5.74) is -1.48. The van der Waals surface area contributed by atoms with E-state index in [2.05, 4.69) is 6.92 Å². The lowest BCUT2D eigenvalue weighted by Crippen LogP contribution is -2.31. The molecule has 0 unspecified atom stereocenters. The van der Waals surface area contributed by atoms with Crippen molar-refractivity contribution in [1.82, 2.24) is 4.31 Å². The Morgan fingerprint density at radius 1 is 1.14 bits per heavy atom. The molecule has 0 atom stereocenters. The van der Waals surface area contributed by atoms with Crippen LogP contribution in [0.3, 0.4) is 0 Å². The summed E-state index contributed by atoms with van der Waals surface area (Å²) >= 11 is 1.26. The van der Waals surface area contributed by atoms with Crippen molar-refractivity contribution in [2.75, 3.05) is 31.6 Å². The summed E-state index contributed by atoms with van der Waals surface area (Å²) in [6, 6.07) is 7.84. The summed E-state index contributed by atoms with van der Waals surface area (Å²) in [4.78, 5) is 13.5. The number of carboxylic acid groups (broad SMARTS) is 1. The third-order valence-corrected chi connectivity index (χ3v) is 6.74. The quantitative estimate of drug-likeness (QED) is 0.348. The molecule has 0 spiro atoms. The van der Waals surface area contributed by atoms with Crippen LogP contribution >= 0.6 is 11.9 Å². The predicted octanol–water partition coefficient (Wildman–Crippen LogP) is 6.84. The average Bonchev–Trinajstić information content (AvgIpc) is 3.57. The average molecular weight is 515 g/mol. The number of halogens is 4. The number of carboxylic acids is 1. The van der Waals surface area contributed by atoms with Gasteiger partial charge in [0, 0.05) is 18.8 Å². The Labute approximate surface area is 207 Å². The number of benzene rings is 2. The van der Waals surface area contributed by atoms with Crippen LogP contribution in [0.1, 0.15) is 39.2 Å². The Balaban J connectivity index is 0.000000775. The molecule has 35 heavy (non-hydrogen) atoms. The molecule has 4 rings (SSSR count). The highest BCUT2D eigenvalue weighted by atomic mass is 32.2. The molecule has 5 nitrogen and oxygen atoms in total. The van der Waals surface area contributed by atoms with E-state index in [0.717, 1.165) is 12.0 Å². The zero-order valence-electron chi connectivity index (χ0n) is 20.2. The van der Waals surface area contributed by atoms with Gasteiger partial charge in [0.05, 0.1) is 21.6 Å². The van der Waals surface area contributed by atoms with Crippen molar-refractivity contribution in [3.05, 3.63) is 47.8 Å². The zero-order chi connectivity index (χ0) is 26.0. The van der Waals surface area contributed by atoms with Crippen LogP contribution in [-0.2, 0) is 11.0 Å². The lowest BCUT2D eigenvalue weighted by Gasteiger charge is -2.27. The van der Waals surface area contributed by atoms with E-state index in [9.17, 15) is 27.5 Å². The highest BCUT2D eigenvalue weighted by Crippen LogP contribution is 2.46. The Morgan fingerprint density at radius 2 is 1.74 bits per heavy atom. The monoisotopic (exact) mass is 514 g/mol. The van der Waals surface area contributed by atoms with Gasteiger partial charge >= 0.3 is 12.1 Å². The standard InChI is InChI=1S/C21H22F4N2O3S.C4H8/c1-20(2,19(28)29)12-30-17-11-18-16(10-15(17)21(23,24)25)27(9-8-26(3)31-18)14-6-4-13(22)5-7-14;1-4-2-3-4/h4-7,10-11H,8-9,12H2,1-3H3,(H,28,29);4H,2-3H2,1H3. The van der Waals surface area contributed by atoms with Crippen LogP contribution < -0.4 is 9.64 Å². The van der Waals surface area contributed by atoms with Gasteiger partial charge in [-0.3, -0.25) is 4.79 Å². The highest BCUT2D eigenvalue weighted by molar-refractivity contribution is 7.97. The molecule has 1 aliphatic carbocycles. The summed E-state index contributed by atoms with van der Waals surface area (Å²) in [6.07, 6.45) is -1.74. The van der Waals surface area contributed by atoms with Crippen molar-refractivity contribution in [3.8, 4) is 5.75 Å². The maximum atomic E-state index is 13.9. The second-order valence-corrected chi connectivity index (χ2v) is 10.8. The molecule has 1 N–H and O–H groups in total. The molecule has 0 amide bonds. The zero-order valence-corrected chi connectivity index (χ0v) is 21.0. The number of nitrogens with zero attached hydrogens (tertiary/aromatic N) is 2. The first-order valence-electron chi connectivity index (χ1n) is 11.3. The van der Waals surface area contributed by atoms with Crippen molar-refractivity contribution in [3.63, 3.8) is 0 Å². The predicted molar refractivity (Wildman–Crippen MR) is 129 cm³/mol. The molecule has 1 saturated carbocycles. The van der Waals surface area contributed by atoms with Gasteiger partial charge in [-0.05, 0) is 75.2 Å². The van der Waals surface area contributed by atoms with Crippen LogP contribution in [0.5, 0.6) is 5.75 Å². The summed E-state index contributed by atoms with van der Waals surface area (Å²) in [6.45, 7) is 5.55. The number of carbonyl (C=O) groups is 1. The summed E-state index contributed by atoms with van der Waals surface area (Å²) in [5, 5.41) is 9.25. The third-order valence-electron chi connectivity index (χ3n) is 5.72. The van der Waals surface area contributed by atoms with E-state index in [1.54, 1.807) is 4.90 Å². The summed E-state index contributed by atoms with van der Waals surface area (Å²) in [7, 11) is 1.81. The van der Waals surface area contributed by atoms with Crippen molar-refractivity contribution >= 4 is 29.3 Å². The molecule has 0 bridgehead atoms. The Kier molecular flexibility index (Phi) is 8.26. The number of ether oxygens (including phenoxy) is 1. The van der Waals surface area contributed by atoms with E-state index >= 15 is 0 Å². The Morgan fingerprint density at radius 3 is 2.26 bits per heavy atom. The van der Waals surface area contributed by atoms with Gasteiger partial charge in [-0.1, -0.05) is 19.8 Å². The Bertz CT molecular complexity index is 1040. The smallest absolute Gasteiger partial charge is 0.420 e. The topological polar surface area (TPSA) is 53.0 Å². The van der Waals surface area contributed by atoms with Crippen LogP contribution in [-0.4, -0.2) is 42.1 Å². The van der Waals surface area contributed by atoms with Gasteiger partial charge in [-0.15, -0.1) is 0 Å². The molecular weight excluding hydrogens is 484 g/mol. The van der Waals surface area contributed by atoms with E-state index in [-0.39, 0.29) is 0 Å². The number of anilines is 2. The van der Waals surface area contributed by atoms with Crippen LogP contribution in [0.2, 0.25) is 0 Å². The van der Waals surface area contributed by atoms with Crippen molar-refractivity contribution in [2.24, 2.45) is 11.3 Å². The number of fused-ring (bicyclic) bond motifs is 1. The second kappa shape index (κ2) is 10.7. The molecule has 1 aliphatic heterocycles. The van der Waals surface area contributed by atoms with Gasteiger partial charge in [-0.2, -0.15) is 13.2 Å². The van der Waals surface area contributed by atoms with E-state index in [4.69, 9.17) is 4.74 Å². The fourth-order valence-corrected chi connectivity index (χ4v) is 4.06. The number of hydrogen-bond acceptors (Lipinski definition) is 5. The van der Waals surface area contributed by atoms with Gasteiger partial charge < -0.3 is 14.7 Å². The number of hydrogen-bond donors (Lipinski definition) is 1. The van der Waals surface area contributed by atoms with Crippen LogP contribution in [0.25, 0.3) is 0 Å². The minimum atomic E-state index is -4.71. The molecule has 10 heteroatoms. The van der Waals surface area contributed by atoms with E-state index in [0.29, 0.717) is 29.4 Å².